The third-order valence-electron chi connectivity index (χ3n) is 3.64. The van der Waals surface area contributed by atoms with Gasteiger partial charge in [-0.3, -0.25) is 4.18 Å². The lowest BCUT2D eigenvalue weighted by Gasteiger charge is -2.25. The molecule has 0 radical (unpaired) electrons. The van der Waals surface area contributed by atoms with Gasteiger partial charge in [-0.1, -0.05) is 19.1 Å². The highest BCUT2D eigenvalue weighted by molar-refractivity contribution is 7.86. The van der Waals surface area contributed by atoms with E-state index in [0.29, 0.717) is 5.54 Å². The van der Waals surface area contributed by atoms with Gasteiger partial charge in [0.1, 0.15) is 0 Å². The van der Waals surface area contributed by atoms with Gasteiger partial charge in [0.25, 0.3) is 10.1 Å². The first-order valence-corrected chi connectivity index (χ1v) is 11.1. The maximum absolute atomic E-state index is 11.2. The van der Waals surface area contributed by atoms with Crippen LogP contribution >= 0.6 is 0 Å². The fourth-order valence-corrected chi connectivity index (χ4v) is 7.77. The van der Waals surface area contributed by atoms with Crippen molar-refractivity contribution in [2.75, 3.05) is 20.0 Å². The molecule has 0 amide bonds. The smallest absolute Gasteiger partial charge is 0.264 e. The van der Waals surface area contributed by atoms with Crippen molar-refractivity contribution in [2.45, 2.75) is 50.0 Å². The zero-order valence-corrected chi connectivity index (χ0v) is 13.3. The van der Waals surface area contributed by atoms with E-state index in [9.17, 15) is 8.42 Å². The number of rotatable bonds is 7. The van der Waals surface area contributed by atoms with Crippen LogP contribution < -0.4 is 0 Å². The molecule has 0 aromatic carbocycles. The highest BCUT2D eigenvalue weighted by atomic mass is 32.2. The maximum atomic E-state index is 11.2. The molecular weight excluding hydrogens is 256 g/mol. The highest BCUT2D eigenvalue weighted by Crippen LogP contribution is 2.59. The summed E-state index contributed by atoms with van der Waals surface area (Å²) in [6, 6.07) is 1.16. The lowest BCUT2D eigenvalue weighted by Crippen LogP contribution is -2.31. The molecule has 0 heterocycles. The molecule has 1 rings (SSSR count). The molecule has 4 nitrogen and oxygen atoms in total. The van der Waals surface area contributed by atoms with Gasteiger partial charge in [-0.2, -0.15) is 8.42 Å². The molecule has 1 aliphatic rings. The quantitative estimate of drug-likeness (QED) is 0.408. The van der Waals surface area contributed by atoms with Crippen molar-refractivity contribution in [1.29, 1.82) is 0 Å². The number of methoxy groups -OCH3 is 1. The summed E-state index contributed by atoms with van der Waals surface area (Å²) < 4.78 is 32.7. The molecule has 0 aliphatic heterocycles. The SMILES string of the molecule is COCCC[Si](C)(C)C1CC1(C)OS(C)(=O)=O. The minimum absolute atomic E-state index is 0.434. The maximum Gasteiger partial charge on any atom is 0.264 e. The number of hydrogen-bond acceptors (Lipinski definition) is 4. The third kappa shape index (κ3) is 4.35. The van der Waals surface area contributed by atoms with Crippen LogP contribution in [0.1, 0.15) is 19.8 Å². The first-order chi connectivity index (χ1) is 7.61. The molecule has 102 valence electrons. The van der Waals surface area contributed by atoms with E-state index in [1.165, 1.54) is 0 Å². The van der Waals surface area contributed by atoms with Gasteiger partial charge in [0.05, 0.1) is 19.9 Å². The lowest BCUT2D eigenvalue weighted by molar-refractivity contribution is 0.198. The van der Waals surface area contributed by atoms with Crippen LogP contribution in [-0.2, 0) is 19.0 Å². The van der Waals surface area contributed by atoms with Crippen LogP contribution in [0.5, 0.6) is 0 Å². The second kappa shape index (κ2) is 4.99. The Morgan fingerprint density at radius 2 is 2.00 bits per heavy atom. The Balaban J connectivity index is 2.53. The monoisotopic (exact) mass is 280 g/mol. The van der Waals surface area contributed by atoms with Crippen molar-refractivity contribution in [1.82, 2.24) is 0 Å². The summed E-state index contributed by atoms with van der Waals surface area (Å²) in [5, 5.41) is 0. The van der Waals surface area contributed by atoms with E-state index in [2.05, 4.69) is 13.1 Å². The molecule has 17 heavy (non-hydrogen) atoms. The Morgan fingerprint density at radius 1 is 1.41 bits per heavy atom. The summed E-state index contributed by atoms with van der Waals surface area (Å²) in [5.41, 5.74) is 0.0118. The largest absolute Gasteiger partial charge is 0.385 e. The van der Waals surface area contributed by atoms with Gasteiger partial charge in [-0.15, -0.1) is 0 Å². The third-order valence-corrected chi connectivity index (χ3v) is 8.67. The Kier molecular flexibility index (Phi) is 4.45. The van der Waals surface area contributed by atoms with E-state index in [1.807, 2.05) is 6.92 Å². The van der Waals surface area contributed by atoms with Crippen molar-refractivity contribution in [3.63, 3.8) is 0 Å². The first kappa shape index (κ1) is 15.1. The summed E-state index contributed by atoms with van der Waals surface area (Å²) in [5.74, 6) is 0. The Hall–Kier alpha value is 0.0869. The number of hydrogen-bond donors (Lipinski definition) is 0. The average molecular weight is 280 g/mol. The highest BCUT2D eigenvalue weighted by Gasteiger charge is 2.60. The van der Waals surface area contributed by atoms with Gasteiger partial charge in [0.15, 0.2) is 0 Å². The summed E-state index contributed by atoms with van der Waals surface area (Å²) >= 11 is 0. The summed E-state index contributed by atoms with van der Waals surface area (Å²) in [6.07, 6.45) is 3.07. The van der Waals surface area contributed by atoms with E-state index in [0.717, 1.165) is 31.7 Å². The standard InChI is InChI=1S/C11H24O4SSi/c1-11(15-16(3,12)13)9-10(11)17(4,5)8-6-7-14-2/h10H,6-9H2,1-5H3. The van der Waals surface area contributed by atoms with Crippen LogP contribution in [0.25, 0.3) is 0 Å². The van der Waals surface area contributed by atoms with Gasteiger partial charge in [0, 0.05) is 13.7 Å². The molecule has 0 aromatic rings. The van der Waals surface area contributed by atoms with Crippen LogP contribution in [0, 0.1) is 0 Å². The second-order valence-corrected chi connectivity index (χ2v) is 12.7. The molecule has 0 N–H and O–H groups in total. The van der Waals surface area contributed by atoms with Crippen molar-refractivity contribution in [3.05, 3.63) is 0 Å². The molecule has 1 aliphatic carbocycles. The molecule has 0 aromatic heterocycles. The number of ether oxygens (including phenoxy) is 1. The minimum Gasteiger partial charge on any atom is -0.385 e. The molecular formula is C11H24O4SSi. The molecule has 0 bridgehead atoms. The van der Waals surface area contributed by atoms with Crippen molar-refractivity contribution < 1.29 is 17.3 Å². The fraction of sp³-hybridized carbons (Fsp3) is 1.00. The minimum atomic E-state index is -3.34. The zero-order valence-electron chi connectivity index (χ0n) is 11.4. The van der Waals surface area contributed by atoms with Crippen molar-refractivity contribution in [3.8, 4) is 0 Å². The molecule has 2 atom stereocenters. The Bertz CT molecular complexity index is 366. The molecule has 1 fully saturated rings. The normalized spacial score (nSPS) is 29.4. The summed E-state index contributed by atoms with van der Waals surface area (Å²) in [4.78, 5) is 0. The molecule has 6 heteroatoms. The van der Waals surface area contributed by atoms with Crippen LogP contribution in [0.4, 0.5) is 0 Å². The van der Waals surface area contributed by atoms with Crippen LogP contribution in [0.3, 0.4) is 0 Å². The predicted molar refractivity (Wildman–Crippen MR) is 71.5 cm³/mol. The van der Waals surface area contributed by atoms with Crippen LogP contribution in [0.2, 0.25) is 24.7 Å². The van der Waals surface area contributed by atoms with Gasteiger partial charge < -0.3 is 4.74 Å². The van der Waals surface area contributed by atoms with Gasteiger partial charge >= 0.3 is 0 Å². The fourth-order valence-electron chi connectivity index (χ4n) is 2.73. The predicted octanol–water partition coefficient (Wildman–Crippen LogP) is 2.24. The Morgan fingerprint density at radius 3 is 2.47 bits per heavy atom. The second-order valence-electron chi connectivity index (χ2n) is 5.94. The Labute approximate surface area is 106 Å². The van der Waals surface area contributed by atoms with Crippen molar-refractivity contribution >= 4 is 18.2 Å². The van der Waals surface area contributed by atoms with Gasteiger partial charge in [-0.25, -0.2) is 0 Å². The van der Waals surface area contributed by atoms with Crippen molar-refractivity contribution in [2.24, 2.45) is 0 Å². The first-order valence-electron chi connectivity index (χ1n) is 6.00. The van der Waals surface area contributed by atoms with Gasteiger partial charge in [0.2, 0.25) is 0 Å². The zero-order chi connectivity index (χ0) is 13.3. The topological polar surface area (TPSA) is 52.6 Å². The lowest BCUT2D eigenvalue weighted by atomic mass is 10.4. The average Bonchev–Trinajstić information content (AvgIpc) is 2.75. The van der Waals surface area contributed by atoms with Crippen LogP contribution in [-0.4, -0.2) is 42.1 Å². The summed E-state index contributed by atoms with van der Waals surface area (Å²) in [7, 11) is -3.04. The van der Waals surface area contributed by atoms with E-state index >= 15 is 0 Å². The molecule has 0 saturated heterocycles. The summed E-state index contributed by atoms with van der Waals surface area (Å²) in [6.45, 7) is 7.32. The van der Waals surface area contributed by atoms with E-state index in [1.54, 1.807) is 7.11 Å². The molecule has 2 unspecified atom stereocenters. The van der Waals surface area contributed by atoms with E-state index in [-0.39, 0.29) is 0 Å². The van der Waals surface area contributed by atoms with E-state index < -0.39 is 23.8 Å². The molecule has 0 spiro atoms. The molecule has 1 saturated carbocycles. The van der Waals surface area contributed by atoms with Gasteiger partial charge in [-0.05, 0) is 25.3 Å². The van der Waals surface area contributed by atoms with Crippen LogP contribution in [0.15, 0.2) is 0 Å². The van der Waals surface area contributed by atoms with E-state index in [4.69, 9.17) is 8.92 Å².